The predicted octanol–water partition coefficient (Wildman–Crippen LogP) is 3.66. The van der Waals surface area contributed by atoms with Crippen LogP contribution in [-0.2, 0) is 6.54 Å². The van der Waals surface area contributed by atoms with Crippen molar-refractivity contribution in [1.82, 2.24) is 9.97 Å². The van der Waals surface area contributed by atoms with Crippen molar-refractivity contribution in [3.63, 3.8) is 0 Å². The smallest absolute Gasteiger partial charge is 0.272 e. The Bertz CT molecular complexity index is 878. The number of nitrogens with one attached hydrogen (secondary N) is 3. The Morgan fingerprint density at radius 2 is 1.74 bits per heavy atom. The van der Waals surface area contributed by atoms with E-state index in [1.165, 1.54) is 5.56 Å². The van der Waals surface area contributed by atoms with E-state index in [4.69, 9.17) is 0 Å². The fourth-order valence-electron chi connectivity index (χ4n) is 2.56. The van der Waals surface area contributed by atoms with Crippen LogP contribution in [0.1, 0.15) is 5.56 Å². The third kappa shape index (κ3) is 2.92. The molecule has 4 aromatic rings. The lowest BCUT2D eigenvalue weighted by Crippen LogP contribution is -2.12. The standard InChI is InChI=1S/C19H16N4/c1-2-6-14(7-3-1)12-20-18-11-10-15(13-21-18)19-22-16-8-4-5-9-17(16)23-19/h1-11,13H,12H2,(H,20,21)(H,22,23)/p+1. The maximum absolute atomic E-state index is 4.61. The molecule has 0 fully saturated rings. The second-order valence-electron chi connectivity index (χ2n) is 5.43. The lowest BCUT2D eigenvalue weighted by molar-refractivity contribution is -0.360. The average Bonchev–Trinajstić information content (AvgIpc) is 3.05. The van der Waals surface area contributed by atoms with Crippen LogP contribution < -0.4 is 10.3 Å². The van der Waals surface area contributed by atoms with Gasteiger partial charge in [-0.2, -0.15) is 0 Å². The summed E-state index contributed by atoms with van der Waals surface area (Å²) in [4.78, 5) is 11.2. The molecule has 23 heavy (non-hydrogen) atoms. The molecule has 0 unspecified atom stereocenters. The lowest BCUT2D eigenvalue weighted by Gasteiger charge is -2.00. The number of aromatic nitrogens is 3. The Morgan fingerprint density at radius 3 is 2.52 bits per heavy atom. The zero-order valence-electron chi connectivity index (χ0n) is 12.6. The first-order valence-electron chi connectivity index (χ1n) is 7.63. The van der Waals surface area contributed by atoms with Crippen molar-refractivity contribution in [3.05, 3.63) is 78.5 Å². The molecular weight excluding hydrogens is 284 g/mol. The number of pyridine rings is 1. The summed E-state index contributed by atoms with van der Waals surface area (Å²) < 4.78 is 0. The first kappa shape index (κ1) is 13.5. The van der Waals surface area contributed by atoms with Crippen molar-refractivity contribution in [1.29, 1.82) is 0 Å². The Morgan fingerprint density at radius 1 is 0.913 bits per heavy atom. The number of imidazole rings is 1. The van der Waals surface area contributed by atoms with E-state index in [1.54, 1.807) is 0 Å². The number of aromatic amines is 2. The van der Waals surface area contributed by atoms with Crippen molar-refractivity contribution in [2.75, 3.05) is 5.32 Å². The van der Waals surface area contributed by atoms with E-state index in [2.05, 4.69) is 38.5 Å². The SMILES string of the molecule is c1ccc(CNc2ccc(-c3nc4ccccc4[nH]3)c[nH+]2)cc1. The van der Waals surface area contributed by atoms with Gasteiger partial charge >= 0.3 is 0 Å². The van der Waals surface area contributed by atoms with E-state index in [0.29, 0.717) is 0 Å². The summed E-state index contributed by atoms with van der Waals surface area (Å²) in [6, 6.07) is 22.5. The highest BCUT2D eigenvalue weighted by molar-refractivity contribution is 5.78. The molecule has 0 bridgehead atoms. The summed E-state index contributed by atoms with van der Waals surface area (Å²) in [5, 5.41) is 3.38. The molecule has 112 valence electrons. The van der Waals surface area contributed by atoms with E-state index in [0.717, 1.165) is 34.8 Å². The second kappa shape index (κ2) is 5.93. The van der Waals surface area contributed by atoms with Crippen molar-refractivity contribution >= 4 is 16.9 Å². The number of hydrogen-bond acceptors (Lipinski definition) is 2. The molecule has 2 heterocycles. The van der Waals surface area contributed by atoms with Gasteiger partial charge in [-0.3, -0.25) is 5.32 Å². The van der Waals surface area contributed by atoms with Crippen molar-refractivity contribution < 1.29 is 4.98 Å². The molecule has 3 N–H and O–H groups in total. The third-order valence-corrected chi connectivity index (χ3v) is 3.80. The van der Waals surface area contributed by atoms with Gasteiger partial charge in [-0.1, -0.05) is 42.5 Å². The highest BCUT2D eigenvalue weighted by atomic mass is 15.0. The molecule has 0 aliphatic rings. The highest BCUT2D eigenvalue weighted by Crippen LogP contribution is 2.19. The molecule has 4 heteroatoms. The summed E-state index contributed by atoms with van der Waals surface area (Å²) in [5.41, 5.74) is 4.32. The van der Waals surface area contributed by atoms with E-state index in [9.17, 15) is 0 Å². The summed E-state index contributed by atoms with van der Waals surface area (Å²) in [6.45, 7) is 0.793. The van der Waals surface area contributed by atoms with Gasteiger partial charge in [-0.05, 0) is 23.8 Å². The summed E-state index contributed by atoms with van der Waals surface area (Å²) >= 11 is 0. The van der Waals surface area contributed by atoms with Crippen LogP contribution in [0.5, 0.6) is 0 Å². The van der Waals surface area contributed by atoms with Crippen LogP contribution in [0, 0.1) is 0 Å². The number of benzene rings is 2. The maximum atomic E-state index is 4.61. The minimum absolute atomic E-state index is 0.793. The second-order valence-corrected chi connectivity index (χ2v) is 5.43. The van der Waals surface area contributed by atoms with Gasteiger partial charge in [0.15, 0.2) is 0 Å². The van der Waals surface area contributed by atoms with Gasteiger partial charge in [-0.25, -0.2) is 9.97 Å². The van der Waals surface area contributed by atoms with Gasteiger partial charge < -0.3 is 4.98 Å². The predicted molar refractivity (Wildman–Crippen MR) is 91.9 cm³/mol. The van der Waals surface area contributed by atoms with Crippen molar-refractivity contribution in [2.24, 2.45) is 0 Å². The number of H-pyrrole nitrogens is 2. The van der Waals surface area contributed by atoms with Crippen LogP contribution in [0.25, 0.3) is 22.4 Å². The Hall–Kier alpha value is -3.14. The molecule has 0 saturated heterocycles. The Labute approximate surface area is 134 Å². The topological polar surface area (TPSA) is 54.9 Å². The van der Waals surface area contributed by atoms with Gasteiger partial charge in [0.1, 0.15) is 12.4 Å². The normalized spacial score (nSPS) is 10.8. The lowest BCUT2D eigenvalue weighted by atomic mass is 10.2. The first-order chi connectivity index (χ1) is 11.4. The van der Waals surface area contributed by atoms with E-state index in [-0.39, 0.29) is 0 Å². The van der Waals surface area contributed by atoms with Crippen LogP contribution >= 0.6 is 0 Å². The molecule has 4 rings (SSSR count). The molecule has 0 saturated carbocycles. The molecule has 2 aromatic heterocycles. The number of anilines is 1. The van der Waals surface area contributed by atoms with Gasteiger partial charge in [0.25, 0.3) is 5.82 Å². The Kier molecular flexibility index (Phi) is 3.48. The zero-order valence-corrected chi connectivity index (χ0v) is 12.6. The summed E-state index contributed by atoms with van der Waals surface area (Å²) in [6.07, 6.45) is 1.96. The van der Waals surface area contributed by atoms with Crippen LogP contribution in [0.2, 0.25) is 0 Å². The van der Waals surface area contributed by atoms with Crippen LogP contribution in [0.4, 0.5) is 5.82 Å². The highest BCUT2D eigenvalue weighted by Gasteiger charge is 2.07. The monoisotopic (exact) mass is 301 g/mol. The number of nitrogens with zero attached hydrogens (tertiary/aromatic N) is 1. The van der Waals surface area contributed by atoms with E-state index in [1.807, 2.05) is 54.7 Å². The molecule has 0 spiro atoms. The zero-order chi connectivity index (χ0) is 15.5. The van der Waals surface area contributed by atoms with Crippen LogP contribution in [-0.4, -0.2) is 9.97 Å². The number of fused-ring (bicyclic) bond motifs is 1. The average molecular weight is 301 g/mol. The largest absolute Gasteiger partial charge is 0.338 e. The third-order valence-electron chi connectivity index (χ3n) is 3.80. The Balaban J connectivity index is 1.51. The number of rotatable bonds is 4. The fourth-order valence-corrected chi connectivity index (χ4v) is 2.56. The van der Waals surface area contributed by atoms with Gasteiger partial charge in [0.2, 0.25) is 0 Å². The molecule has 0 amide bonds. The van der Waals surface area contributed by atoms with Crippen LogP contribution in [0.15, 0.2) is 72.9 Å². The minimum Gasteiger partial charge on any atom is -0.338 e. The van der Waals surface area contributed by atoms with Gasteiger partial charge in [0.05, 0.1) is 22.8 Å². The van der Waals surface area contributed by atoms with Crippen molar-refractivity contribution in [3.8, 4) is 11.4 Å². The molecule has 0 aliphatic carbocycles. The molecular formula is C19H17N4+. The summed E-state index contributed by atoms with van der Waals surface area (Å²) in [5.74, 6) is 1.85. The molecule has 2 aromatic carbocycles. The van der Waals surface area contributed by atoms with Gasteiger partial charge in [-0.15, -0.1) is 0 Å². The number of hydrogen-bond donors (Lipinski definition) is 2. The first-order valence-corrected chi connectivity index (χ1v) is 7.63. The molecule has 4 nitrogen and oxygen atoms in total. The van der Waals surface area contributed by atoms with Gasteiger partial charge in [0, 0.05) is 6.07 Å². The fraction of sp³-hybridized carbons (Fsp3) is 0.0526. The van der Waals surface area contributed by atoms with Crippen LogP contribution in [0.3, 0.4) is 0 Å². The quantitative estimate of drug-likeness (QED) is 0.604. The molecule has 0 atom stereocenters. The minimum atomic E-state index is 0.793. The molecule has 0 aliphatic heterocycles. The van der Waals surface area contributed by atoms with Crippen molar-refractivity contribution in [2.45, 2.75) is 6.54 Å². The van der Waals surface area contributed by atoms with E-state index >= 15 is 0 Å². The summed E-state index contributed by atoms with van der Waals surface area (Å²) in [7, 11) is 0. The molecule has 0 radical (unpaired) electrons. The maximum Gasteiger partial charge on any atom is 0.272 e. The number of para-hydroxylation sites is 2. The van der Waals surface area contributed by atoms with E-state index < -0.39 is 0 Å².